The van der Waals surface area contributed by atoms with Crippen molar-refractivity contribution in [2.75, 3.05) is 6.54 Å². The van der Waals surface area contributed by atoms with E-state index in [4.69, 9.17) is 0 Å². The Bertz CT molecular complexity index is 527. The van der Waals surface area contributed by atoms with Gasteiger partial charge in [-0.25, -0.2) is 13.1 Å². The van der Waals surface area contributed by atoms with Crippen molar-refractivity contribution in [3.8, 4) is 0 Å². The highest BCUT2D eigenvalue weighted by Crippen LogP contribution is 2.12. The fourth-order valence-electron chi connectivity index (χ4n) is 2.28. The molecule has 1 aromatic carbocycles. The molecule has 0 aromatic heterocycles. The molecule has 21 heavy (non-hydrogen) atoms. The monoisotopic (exact) mass is 312 g/mol. The fourth-order valence-corrected chi connectivity index (χ4v) is 3.88. The molecule has 0 aliphatic heterocycles. The summed E-state index contributed by atoms with van der Waals surface area (Å²) in [6.45, 7) is 9.79. The number of hydrogen-bond donors (Lipinski definition) is 2. The maximum absolute atomic E-state index is 12.3. The first-order chi connectivity index (χ1) is 9.88. The third-order valence-corrected chi connectivity index (χ3v) is 4.88. The van der Waals surface area contributed by atoms with Crippen molar-refractivity contribution < 1.29 is 8.42 Å². The SMILES string of the molecule is CCNCc1cccc(CS(=O)(=O)NC(CC)C(C)C)c1. The first kappa shape index (κ1) is 18.1. The number of benzene rings is 1. The standard InChI is InChI=1S/C16H28N2O2S/c1-5-16(13(3)4)18-21(19,20)12-15-9-7-8-14(10-15)11-17-6-2/h7-10,13,16-18H,5-6,11-12H2,1-4H3. The zero-order chi connectivity index (χ0) is 15.9. The Balaban J connectivity index is 2.74. The maximum Gasteiger partial charge on any atom is 0.216 e. The fraction of sp³-hybridized carbons (Fsp3) is 0.625. The van der Waals surface area contributed by atoms with Crippen LogP contribution in [0.25, 0.3) is 0 Å². The van der Waals surface area contributed by atoms with Gasteiger partial charge < -0.3 is 5.32 Å². The molecule has 1 aromatic rings. The van der Waals surface area contributed by atoms with Gasteiger partial charge in [-0.3, -0.25) is 0 Å². The van der Waals surface area contributed by atoms with Gasteiger partial charge in [0.15, 0.2) is 0 Å². The molecule has 120 valence electrons. The Morgan fingerprint density at radius 1 is 1.14 bits per heavy atom. The molecule has 5 heteroatoms. The normalized spacial score (nSPS) is 13.6. The molecule has 4 nitrogen and oxygen atoms in total. The van der Waals surface area contributed by atoms with E-state index >= 15 is 0 Å². The quantitative estimate of drug-likeness (QED) is 0.737. The lowest BCUT2D eigenvalue weighted by Crippen LogP contribution is -2.38. The Hall–Kier alpha value is -0.910. The van der Waals surface area contributed by atoms with E-state index in [0.29, 0.717) is 5.92 Å². The highest BCUT2D eigenvalue weighted by Gasteiger charge is 2.19. The van der Waals surface area contributed by atoms with Crippen molar-refractivity contribution in [1.29, 1.82) is 0 Å². The summed E-state index contributed by atoms with van der Waals surface area (Å²) in [5.74, 6) is 0.334. The zero-order valence-corrected chi connectivity index (χ0v) is 14.3. The summed E-state index contributed by atoms with van der Waals surface area (Å²) in [4.78, 5) is 0. The topological polar surface area (TPSA) is 58.2 Å². The molecule has 0 heterocycles. The summed E-state index contributed by atoms with van der Waals surface area (Å²) in [5.41, 5.74) is 1.94. The third kappa shape index (κ3) is 6.59. The number of rotatable bonds is 9. The van der Waals surface area contributed by atoms with Gasteiger partial charge in [-0.15, -0.1) is 0 Å². The molecule has 1 unspecified atom stereocenters. The van der Waals surface area contributed by atoms with Gasteiger partial charge in [-0.2, -0.15) is 0 Å². The molecule has 0 aliphatic carbocycles. The van der Waals surface area contributed by atoms with Gasteiger partial charge in [0.05, 0.1) is 5.75 Å². The van der Waals surface area contributed by atoms with Crippen LogP contribution < -0.4 is 10.0 Å². The molecular formula is C16H28N2O2S. The van der Waals surface area contributed by atoms with Crippen molar-refractivity contribution in [1.82, 2.24) is 10.0 Å². The van der Waals surface area contributed by atoms with E-state index in [1.54, 1.807) is 0 Å². The van der Waals surface area contributed by atoms with Crippen LogP contribution in [0.3, 0.4) is 0 Å². The van der Waals surface area contributed by atoms with Crippen molar-refractivity contribution >= 4 is 10.0 Å². The van der Waals surface area contributed by atoms with Crippen LogP contribution in [0.2, 0.25) is 0 Å². The summed E-state index contributed by atoms with van der Waals surface area (Å²) in [6.07, 6.45) is 0.803. The lowest BCUT2D eigenvalue weighted by Gasteiger charge is -2.20. The predicted octanol–water partition coefficient (Wildman–Crippen LogP) is 2.65. The molecule has 1 rings (SSSR count). The minimum Gasteiger partial charge on any atom is -0.313 e. The Kier molecular flexibility index (Phi) is 7.35. The first-order valence-electron chi connectivity index (χ1n) is 7.66. The van der Waals surface area contributed by atoms with Gasteiger partial charge in [0.25, 0.3) is 0 Å². The smallest absolute Gasteiger partial charge is 0.216 e. The molecule has 0 saturated carbocycles. The second-order valence-corrected chi connectivity index (χ2v) is 7.49. The van der Waals surface area contributed by atoms with Crippen molar-refractivity contribution in [3.63, 3.8) is 0 Å². The van der Waals surface area contributed by atoms with Crippen molar-refractivity contribution in [3.05, 3.63) is 35.4 Å². The summed E-state index contributed by atoms with van der Waals surface area (Å²) in [5, 5.41) is 3.25. The molecule has 2 N–H and O–H groups in total. The van der Waals surface area contributed by atoms with E-state index in [1.165, 1.54) is 0 Å². The molecule has 0 saturated heterocycles. The van der Waals surface area contributed by atoms with E-state index < -0.39 is 10.0 Å². The molecule has 1 atom stereocenters. The number of nitrogens with one attached hydrogen (secondary N) is 2. The summed E-state index contributed by atoms with van der Waals surface area (Å²) >= 11 is 0. The predicted molar refractivity (Wildman–Crippen MR) is 88.5 cm³/mol. The highest BCUT2D eigenvalue weighted by molar-refractivity contribution is 7.88. The van der Waals surface area contributed by atoms with Gasteiger partial charge in [-0.05, 0) is 30.0 Å². The number of sulfonamides is 1. The van der Waals surface area contributed by atoms with E-state index in [-0.39, 0.29) is 11.8 Å². The van der Waals surface area contributed by atoms with Gasteiger partial charge in [0, 0.05) is 12.6 Å². The molecule has 0 fully saturated rings. The van der Waals surface area contributed by atoms with Crippen LogP contribution >= 0.6 is 0 Å². The second kappa shape index (κ2) is 8.51. The van der Waals surface area contributed by atoms with Crippen LogP contribution in [-0.2, 0) is 22.3 Å². The lowest BCUT2D eigenvalue weighted by atomic mass is 10.0. The average molecular weight is 312 g/mol. The van der Waals surface area contributed by atoms with Gasteiger partial charge >= 0.3 is 0 Å². The summed E-state index contributed by atoms with van der Waals surface area (Å²) < 4.78 is 27.4. The summed E-state index contributed by atoms with van der Waals surface area (Å²) in [7, 11) is -3.30. The number of hydrogen-bond acceptors (Lipinski definition) is 3. The molecule has 0 aliphatic rings. The summed E-state index contributed by atoms with van der Waals surface area (Å²) in [6, 6.07) is 7.75. The van der Waals surface area contributed by atoms with E-state index in [1.807, 2.05) is 45.0 Å². The van der Waals surface area contributed by atoms with Crippen LogP contribution in [-0.4, -0.2) is 21.0 Å². The lowest BCUT2D eigenvalue weighted by molar-refractivity contribution is 0.437. The first-order valence-corrected chi connectivity index (χ1v) is 9.31. The average Bonchev–Trinajstić information content (AvgIpc) is 2.42. The van der Waals surface area contributed by atoms with Crippen LogP contribution in [0.1, 0.15) is 45.2 Å². The zero-order valence-electron chi connectivity index (χ0n) is 13.5. The highest BCUT2D eigenvalue weighted by atomic mass is 32.2. The van der Waals surface area contributed by atoms with Crippen molar-refractivity contribution in [2.24, 2.45) is 5.92 Å². The molecule has 0 bridgehead atoms. The molecule has 0 spiro atoms. The van der Waals surface area contributed by atoms with Gasteiger partial charge in [-0.1, -0.05) is 52.0 Å². The van der Waals surface area contributed by atoms with E-state index in [9.17, 15) is 8.42 Å². The Morgan fingerprint density at radius 3 is 2.38 bits per heavy atom. The van der Waals surface area contributed by atoms with Gasteiger partial charge in [0.2, 0.25) is 10.0 Å². The molecule has 0 amide bonds. The largest absolute Gasteiger partial charge is 0.313 e. The van der Waals surface area contributed by atoms with Crippen LogP contribution in [0.5, 0.6) is 0 Å². The van der Waals surface area contributed by atoms with E-state index in [0.717, 1.165) is 30.6 Å². The van der Waals surface area contributed by atoms with Crippen LogP contribution in [0, 0.1) is 5.92 Å². The Labute approximate surface area is 129 Å². The minimum absolute atomic E-state index is 0.0000549. The molecular weight excluding hydrogens is 284 g/mol. The van der Waals surface area contributed by atoms with Crippen LogP contribution in [0.15, 0.2) is 24.3 Å². The third-order valence-electron chi connectivity index (χ3n) is 3.50. The second-order valence-electron chi connectivity index (χ2n) is 5.74. The Morgan fingerprint density at radius 2 is 1.81 bits per heavy atom. The van der Waals surface area contributed by atoms with Gasteiger partial charge in [0.1, 0.15) is 0 Å². The minimum atomic E-state index is -3.30. The maximum atomic E-state index is 12.3. The van der Waals surface area contributed by atoms with Crippen LogP contribution in [0.4, 0.5) is 0 Å². The molecule has 0 radical (unpaired) electrons. The van der Waals surface area contributed by atoms with E-state index in [2.05, 4.69) is 17.0 Å². The van der Waals surface area contributed by atoms with Crippen molar-refractivity contribution in [2.45, 2.75) is 52.5 Å².